The number of nitrogens with one attached hydrogen (secondary N) is 1. The van der Waals surface area contributed by atoms with E-state index >= 15 is 0 Å². The molecule has 0 saturated heterocycles. The highest BCUT2D eigenvalue weighted by atomic mass is 16.5. The lowest BCUT2D eigenvalue weighted by molar-refractivity contribution is 0.0589. The molecule has 1 saturated carbocycles. The first kappa shape index (κ1) is 23.4. The van der Waals surface area contributed by atoms with E-state index in [0.717, 1.165) is 32.1 Å². The Morgan fingerprint density at radius 2 is 1.72 bits per heavy atom. The van der Waals surface area contributed by atoms with Gasteiger partial charge in [-0.3, -0.25) is 9.59 Å². The normalized spacial score (nSPS) is 14.0. The van der Waals surface area contributed by atoms with Gasteiger partial charge in [0.05, 0.1) is 27.9 Å². The predicted octanol–water partition coefficient (Wildman–Crippen LogP) is 3.43. The van der Waals surface area contributed by atoms with E-state index in [0.29, 0.717) is 35.1 Å². The molecule has 1 aromatic carbocycles. The van der Waals surface area contributed by atoms with Crippen LogP contribution in [0.1, 0.15) is 65.6 Å². The molecule has 9 heteroatoms. The molecule has 3 rings (SSSR count). The zero-order valence-corrected chi connectivity index (χ0v) is 19.1. The van der Waals surface area contributed by atoms with Gasteiger partial charge in [0.25, 0.3) is 11.8 Å². The average molecular weight is 446 g/mol. The Labute approximate surface area is 188 Å². The minimum atomic E-state index is -0.303. The van der Waals surface area contributed by atoms with E-state index in [1.807, 2.05) is 6.92 Å². The van der Waals surface area contributed by atoms with Crippen molar-refractivity contribution in [2.45, 2.75) is 51.6 Å². The first-order chi connectivity index (χ1) is 15.5. The van der Waals surface area contributed by atoms with Crippen LogP contribution in [0.15, 0.2) is 22.7 Å². The third-order valence-electron chi connectivity index (χ3n) is 5.64. The summed E-state index contributed by atoms with van der Waals surface area (Å²) >= 11 is 0. The quantitative estimate of drug-likeness (QED) is 0.631. The van der Waals surface area contributed by atoms with Crippen molar-refractivity contribution in [3.8, 4) is 17.2 Å². The molecule has 1 aromatic heterocycles. The van der Waals surface area contributed by atoms with E-state index in [1.165, 1.54) is 21.3 Å². The molecule has 9 nitrogen and oxygen atoms in total. The number of carbonyl (C=O) groups is 2. The predicted molar refractivity (Wildman–Crippen MR) is 117 cm³/mol. The number of carbonyl (C=O) groups excluding carboxylic acids is 2. The van der Waals surface area contributed by atoms with E-state index < -0.39 is 0 Å². The first-order valence-electron chi connectivity index (χ1n) is 10.9. The Morgan fingerprint density at radius 1 is 1.06 bits per heavy atom. The van der Waals surface area contributed by atoms with E-state index in [1.54, 1.807) is 23.1 Å². The minimum absolute atomic E-state index is 0.0633. The molecule has 1 N–H and O–H groups in total. The number of nitrogens with zero attached hydrogens (tertiary/aromatic N) is 2. The third-order valence-corrected chi connectivity index (χ3v) is 5.64. The van der Waals surface area contributed by atoms with Crippen LogP contribution in [-0.4, -0.2) is 55.8 Å². The van der Waals surface area contributed by atoms with Gasteiger partial charge < -0.3 is 29.0 Å². The van der Waals surface area contributed by atoms with E-state index in [9.17, 15) is 9.59 Å². The molecule has 32 heavy (non-hydrogen) atoms. The van der Waals surface area contributed by atoms with Crippen molar-refractivity contribution in [1.29, 1.82) is 0 Å². The van der Waals surface area contributed by atoms with Crippen LogP contribution in [0, 0.1) is 0 Å². The fourth-order valence-corrected chi connectivity index (χ4v) is 4.04. The van der Waals surface area contributed by atoms with Gasteiger partial charge in [-0.2, -0.15) is 0 Å². The Balaban J connectivity index is 1.92. The Morgan fingerprint density at radius 3 is 2.28 bits per heavy atom. The van der Waals surface area contributed by atoms with Crippen LogP contribution in [0.3, 0.4) is 0 Å². The number of benzene rings is 1. The average Bonchev–Trinajstić information content (AvgIpc) is 3.30. The molecular weight excluding hydrogens is 414 g/mol. The zero-order valence-electron chi connectivity index (χ0n) is 19.1. The van der Waals surface area contributed by atoms with Crippen LogP contribution in [0.4, 0.5) is 0 Å². The molecule has 0 unspecified atom stereocenters. The number of hydrogen-bond donors (Lipinski definition) is 1. The highest BCUT2D eigenvalue weighted by Gasteiger charge is 2.29. The largest absolute Gasteiger partial charge is 0.493 e. The van der Waals surface area contributed by atoms with Crippen molar-refractivity contribution in [3.05, 3.63) is 35.2 Å². The number of rotatable bonds is 9. The highest BCUT2D eigenvalue weighted by molar-refractivity contribution is 5.96. The van der Waals surface area contributed by atoms with E-state index in [2.05, 4.69) is 10.5 Å². The lowest BCUT2D eigenvalue weighted by atomic mass is 9.93. The van der Waals surface area contributed by atoms with Gasteiger partial charge in [0, 0.05) is 24.2 Å². The second-order valence-corrected chi connectivity index (χ2v) is 7.68. The molecule has 2 aromatic rings. The van der Waals surface area contributed by atoms with Crippen LogP contribution in [-0.2, 0) is 6.54 Å². The Bertz CT molecular complexity index is 911. The van der Waals surface area contributed by atoms with Crippen LogP contribution >= 0.6 is 0 Å². The van der Waals surface area contributed by atoms with Crippen LogP contribution in [0.2, 0.25) is 0 Å². The molecule has 0 spiro atoms. The SMILES string of the molecule is CCNC(=O)c1cc(CN(C(=O)c2cc(OC)c(OC)c(OC)c2)C2CCCCC2)on1. The molecule has 1 aliphatic rings. The molecule has 2 amide bonds. The second-order valence-electron chi connectivity index (χ2n) is 7.68. The summed E-state index contributed by atoms with van der Waals surface area (Å²) in [5.74, 6) is 1.24. The van der Waals surface area contributed by atoms with E-state index in [4.69, 9.17) is 18.7 Å². The van der Waals surface area contributed by atoms with Crippen molar-refractivity contribution in [2.75, 3.05) is 27.9 Å². The molecule has 1 fully saturated rings. The summed E-state index contributed by atoms with van der Waals surface area (Å²) in [5.41, 5.74) is 0.624. The molecule has 0 bridgehead atoms. The number of methoxy groups -OCH3 is 3. The molecule has 1 aliphatic carbocycles. The molecule has 0 radical (unpaired) electrons. The monoisotopic (exact) mass is 445 g/mol. The smallest absolute Gasteiger partial charge is 0.273 e. The standard InChI is InChI=1S/C23H31N3O6/c1-5-24-22(27)18-13-17(32-25-18)14-26(16-9-7-6-8-10-16)23(28)15-11-19(29-2)21(31-4)20(12-15)30-3/h11-13,16H,5-10,14H2,1-4H3,(H,24,27). The lowest BCUT2D eigenvalue weighted by Gasteiger charge is -2.34. The molecule has 0 atom stereocenters. The summed E-state index contributed by atoms with van der Waals surface area (Å²) < 4.78 is 21.6. The summed E-state index contributed by atoms with van der Waals surface area (Å²) in [7, 11) is 4.55. The zero-order chi connectivity index (χ0) is 23.1. The summed E-state index contributed by atoms with van der Waals surface area (Å²) in [6.45, 7) is 2.54. The van der Waals surface area contributed by atoms with Crippen LogP contribution in [0.5, 0.6) is 17.2 Å². The number of ether oxygens (including phenoxy) is 3. The number of aromatic nitrogens is 1. The summed E-state index contributed by atoms with van der Waals surface area (Å²) in [5, 5.41) is 6.56. The highest BCUT2D eigenvalue weighted by Crippen LogP contribution is 2.39. The van der Waals surface area contributed by atoms with Gasteiger partial charge in [-0.25, -0.2) is 0 Å². The maximum absolute atomic E-state index is 13.7. The van der Waals surface area contributed by atoms with Crippen molar-refractivity contribution in [1.82, 2.24) is 15.4 Å². The summed E-state index contributed by atoms with van der Waals surface area (Å²) in [6.07, 6.45) is 5.10. The van der Waals surface area contributed by atoms with Crippen molar-refractivity contribution in [2.24, 2.45) is 0 Å². The van der Waals surface area contributed by atoms with Gasteiger partial charge in [0.2, 0.25) is 5.75 Å². The van der Waals surface area contributed by atoms with Gasteiger partial charge in [-0.05, 0) is 31.9 Å². The summed E-state index contributed by atoms with van der Waals surface area (Å²) in [6, 6.07) is 4.96. The fourth-order valence-electron chi connectivity index (χ4n) is 4.04. The van der Waals surface area contributed by atoms with Crippen LogP contribution < -0.4 is 19.5 Å². The second kappa shape index (κ2) is 10.9. The fraction of sp³-hybridized carbons (Fsp3) is 0.522. The van der Waals surface area contributed by atoms with E-state index in [-0.39, 0.29) is 30.1 Å². The maximum atomic E-state index is 13.7. The van der Waals surface area contributed by atoms with Crippen molar-refractivity contribution >= 4 is 11.8 Å². The van der Waals surface area contributed by atoms with Gasteiger partial charge in [0.15, 0.2) is 23.0 Å². The van der Waals surface area contributed by atoms with Gasteiger partial charge in [0.1, 0.15) is 0 Å². The molecule has 1 heterocycles. The molecular formula is C23H31N3O6. The van der Waals surface area contributed by atoms with Crippen molar-refractivity contribution < 1.29 is 28.3 Å². The first-order valence-corrected chi connectivity index (χ1v) is 10.9. The Hall–Kier alpha value is -3.23. The van der Waals surface area contributed by atoms with Crippen molar-refractivity contribution in [3.63, 3.8) is 0 Å². The lowest BCUT2D eigenvalue weighted by Crippen LogP contribution is -2.41. The number of amides is 2. The summed E-state index contributed by atoms with van der Waals surface area (Å²) in [4.78, 5) is 27.5. The third kappa shape index (κ3) is 5.15. The number of hydrogen-bond acceptors (Lipinski definition) is 7. The van der Waals surface area contributed by atoms with Gasteiger partial charge in [-0.1, -0.05) is 24.4 Å². The minimum Gasteiger partial charge on any atom is -0.493 e. The maximum Gasteiger partial charge on any atom is 0.273 e. The molecule has 0 aliphatic heterocycles. The molecule has 174 valence electrons. The Kier molecular flexibility index (Phi) is 7.97. The van der Waals surface area contributed by atoms with Gasteiger partial charge >= 0.3 is 0 Å². The topological polar surface area (TPSA) is 103 Å². The van der Waals surface area contributed by atoms with Gasteiger partial charge in [-0.15, -0.1) is 0 Å². The van der Waals surface area contributed by atoms with Crippen LogP contribution in [0.25, 0.3) is 0 Å².